The van der Waals surface area contributed by atoms with Gasteiger partial charge in [0.2, 0.25) is 5.91 Å². The number of rotatable bonds is 5. The Morgan fingerprint density at radius 2 is 2.11 bits per heavy atom. The second kappa shape index (κ2) is 7.71. The summed E-state index contributed by atoms with van der Waals surface area (Å²) in [4.78, 5) is 11.6. The fraction of sp³-hybridized carbons (Fsp3) is 0.923. The van der Waals surface area contributed by atoms with Crippen LogP contribution in [0.3, 0.4) is 0 Å². The first-order valence-corrected chi connectivity index (χ1v) is 7.05. The molecule has 5 nitrogen and oxygen atoms in total. The van der Waals surface area contributed by atoms with Gasteiger partial charge in [-0.25, -0.2) is 0 Å². The summed E-state index contributed by atoms with van der Waals surface area (Å²) in [5.41, 5.74) is 0. The van der Waals surface area contributed by atoms with E-state index in [0.717, 1.165) is 45.4 Å². The van der Waals surface area contributed by atoms with Crippen molar-refractivity contribution >= 4 is 5.91 Å². The molecule has 2 rings (SSSR count). The van der Waals surface area contributed by atoms with Crippen molar-refractivity contribution in [2.45, 2.75) is 44.3 Å². The van der Waals surface area contributed by atoms with Crippen LogP contribution in [0.5, 0.6) is 0 Å². The molecule has 2 fully saturated rings. The molecule has 104 valence electrons. The van der Waals surface area contributed by atoms with Gasteiger partial charge >= 0.3 is 0 Å². The van der Waals surface area contributed by atoms with Crippen LogP contribution in [0, 0.1) is 0 Å². The number of nitrogens with one attached hydrogen (secondary N) is 2. The molecule has 0 aliphatic carbocycles. The van der Waals surface area contributed by atoms with Crippen LogP contribution in [-0.4, -0.2) is 51.0 Å². The monoisotopic (exact) mass is 256 g/mol. The van der Waals surface area contributed by atoms with E-state index in [1.807, 2.05) is 0 Å². The second-order valence-electron chi connectivity index (χ2n) is 5.05. The SMILES string of the molecule is O=C(COC1CCNCC1)NCC1CCCCO1. The number of carbonyl (C=O) groups is 1. The zero-order chi connectivity index (χ0) is 12.6. The normalized spacial score (nSPS) is 25.9. The van der Waals surface area contributed by atoms with E-state index in [-0.39, 0.29) is 24.7 Å². The molecule has 2 saturated heterocycles. The van der Waals surface area contributed by atoms with Crippen LogP contribution in [0.4, 0.5) is 0 Å². The highest BCUT2D eigenvalue weighted by Crippen LogP contribution is 2.11. The van der Waals surface area contributed by atoms with Crippen LogP contribution in [-0.2, 0) is 14.3 Å². The lowest BCUT2D eigenvalue weighted by molar-refractivity contribution is -0.129. The Balaban J connectivity index is 1.54. The number of piperidine rings is 1. The lowest BCUT2D eigenvalue weighted by Crippen LogP contribution is -2.39. The number of ether oxygens (including phenoxy) is 2. The molecule has 1 amide bonds. The average molecular weight is 256 g/mol. The van der Waals surface area contributed by atoms with Gasteiger partial charge in [0.15, 0.2) is 0 Å². The van der Waals surface area contributed by atoms with E-state index in [0.29, 0.717) is 6.54 Å². The van der Waals surface area contributed by atoms with Crippen molar-refractivity contribution in [3.05, 3.63) is 0 Å². The molecule has 0 aromatic heterocycles. The Labute approximate surface area is 109 Å². The largest absolute Gasteiger partial charge is 0.376 e. The Hall–Kier alpha value is -0.650. The minimum Gasteiger partial charge on any atom is -0.376 e. The first kappa shape index (κ1) is 13.8. The molecule has 2 aliphatic rings. The fourth-order valence-corrected chi connectivity index (χ4v) is 2.40. The van der Waals surface area contributed by atoms with E-state index in [2.05, 4.69) is 10.6 Å². The lowest BCUT2D eigenvalue weighted by atomic mass is 10.1. The lowest BCUT2D eigenvalue weighted by Gasteiger charge is -2.24. The van der Waals surface area contributed by atoms with Gasteiger partial charge in [-0.15, -0.1) is 0 Å². The maximum absolute atomic E-state index is 11.6. The van der Waals surface area contributed by atoms with Crippen molar-refractivity contribution in [3.63, 3.8) is 0 Å². The fourth-order valence-electron chi connectivity index (χ4n) is 2.40. The first-order chi connectivity index (χ1) is 8.84. The minimum absolute atomic E-state index is 0.0253. The molecule has 0 spiro atoms. The van der Waals surface area contributed by atoms with Gasteiger partial charge in [0.1, 0.15) is 6.61 Å². The van der Waals surface area contributed by atoms with E-state index in [1.54, 1.807) is 0 Å². The maximum atomic E-state index is 11.6. The van der Waals surface area contributed by atoms with Crippen molar-refractivity contribution in [2.24, 2.45) is 0 Å². The highest BCUT2D eigenvalue weighted by Gasteiger charge is 2.17. The molecule has 1 unspecified atom stereocenters. The first-order valence-electron chi connectivity index (χ1n) is 7.05. The molecule has 2 heterocycles. The van der Waals surface area contributed by atoms with E-state index in [1.165, 1.54) is 6.42 Å². The van der Waals surface area contributed by atoms with Crippen LogP contribution in [0.15, 0.2) is 0 Å². The topological polar surface area (TPSA) is 59.6 Å². The Kier molecular flexibility index (Phi) is 5.90. The van der Waals surface area contributed by atoms with Gasteiger partial charge in [0.25, 0.3) is 0 Å². The second-order valence-corrected chi connectivity index (χ2v) is 5.05. The summed E-state index contributed by atoms with van der Waals surface area (Å²) in [5.74, 6) is -0.0253. The van der Waals surface area contributed by atoms with Crippen LogP contribution < -0.4 is 10.6 Å². The van der Waals surface area contributed by atoms with E-state index >= 15 is 0 Å². The van der Waals surface area contributed by atoms with Crippen molar-refractivity contribution in [2.75, 3.05) is 32.8 Å². The number of amides is 1. The third kappa shape index (κ3) is 4.92. The quantitative estimate of drug-likeness (QED) is 0.749. The highest BCUT2D eigenvalue weighted by atomic mass is 16.5. The maximum Gasteiger partial charge on any atom is 0.246 e. The molecule has 2 aliphatic heterocycles. The van der Waals surface area contributed by atoms with E-state index in [9.17, 15) is 4.79 Å². The van der Waals surface area contributed by atoms with Crippen molar-refractivity contribution in [3.8, 4) is 0 Å². The number of hydrogen-bond donors (Lipinski definition) is 2. The molecule has 0 radical (unpaired) electrons. The summed E-state index contributed by atoms with van der Waals surface area (Å²) in [6.45, 7) is 3.60. The number of hydrogen-bond acceptors (Lipinski definition) is 4. The predicted octanol–water partition coefficient (Wildman–Crippen LogP) is 0.440. The Morgan fingerprint density at radius 1 is 1.28 bits per heavy atom. The van der Waals surface area contributed by atoms with Crippen molar-refractivity contribution < 1.29 is 14.3 Å². The summed E-state index contributed by atoms with van der Waals surface area (Å²) < 4.78 is 11.2. The molecule has 18 heavy (non-hydrogen) atoms. The summed E-state index contributed by atoms with van der Waals surface area (Å²) in [7, 11) is 0. The summed E-state index contributed by atoms with van der Waals surface area (Å²) in [6.07, 6.45) is 5.83. The van der Waals surface area contributed by atoms with Gasteiger partial charge in [-0.1, -0.05) is 0 Å². The molecular formula is C13H24N2O3. The standard InChI is InChI=1S/C13H24N2O3/c16-13(10-18-11-4-6-14-7-5-11)15-9-12-3-1-2-8-17-12/h11-12,14H,1-10H2,(H,15,16). The van der Waals surface area contributed by atoms with Gasteiger partial charge in [0.05, 0.1) is 12.2 Å². The van der Waals surface area contributed by atoms with Crippen LogP contribution >= 0.6 is 0 Å². The van der Waals surface area contributed by atoms with Crippen LogP contribution in [0.2, 0.25) is 0 Å². The summed E-state index contributed by atoms with van der Waals surface area (Å²) in [5, 5.41) is 6.16. The molecule has 2 N–H and O–H groups in total. The summed E-state index contributed by atoms with van der Waals surface area (Å²) >= 11 is 0. The van der Waals surface area contributed by atoms with Crippen molar-refractivity contribution in [1.82, 2.24) is 10.6 Å². The molecule has 0 aromatic rings. The number of carbonyl (C=O) groups excluding carboxylic acids is 1. The predicted molar refractivity (Wildman–Crippen MR) is 68.4 cm³/mol. The zero-order valence-electron chi connectivity index (χ0n) is 11.0. The minimum atomic E-state index is -0.0253. The average Bonchev–Trinajstić information content (AvgIpc) is 2.45. The van der Waals surface area contributed by atoms with Crippen LogP contribution in [0.1, 0.15) is 32.1 Å². The Morgan fingerprint density at radius 3 is 2.83 bits per heavy atom. The van der Waals surface area contributed by atoms with E-state index in [4.69, 9.17) is 9.47 Å². The molecule has 0 aromatic carbocycles. The van der Waals surface area contributed by atoms with Gasteiger partial charge in [0, 0.05) is 13.2 Å². The van der Waals surface area contributed by atoms with Gasteiger partial charge in [-0.3, -0.25) is 4.79 Å². The van der Waals surface area contributed by atoms with Crippen molar-refractivity contribution in [1.29, 1.82) is 0 Å². The molecule has 0 bridgehead atoms. The van der Waals surface area contributed by atoms with Gasteiger partial charge < -0.3 is 20.1 Å². The molecule has 0 saturated carbocycles. The zero-order valence-corrected chi connectivity index (χ0v) is 11.0. The van der Waals surface area contributed by atoms with Gasteiger partial charge in [-0.2, -0.15) is 0 Å². The molecular weight excluding hydrogens is 232 g/mol. The third-order valence-electron chi connectivity index (χ3n) is 3.54. The Bertz CT molecular complexity index is 225. The molecule has 1 atom stereocenters. The smallest absolute Gasteiger partial charge is 0.246 e. The highest BCUT2D eigenvalue weighted by molar-refractivity contribution is 5.77. The summed E-state index contributed by atoms with van der Waals surface area (Å²) in [6, 6.07) is 0. The van der Waals surface area contributed by atoms with Crippen LogP contribution in [0.25, 0.3) is 0 Å². The van der Waals surface area contributed by atoms with E-state index < -0.39 is 0 Å². The van der Waals surface area contributed by atoms with Gasteiger partial charge in [-0.05, 0) is 45.2 Å². The third-order valence-corrected chi connectivity index (χ3v) is 3.54. The molecule has 5 heteroatoms.